The Kier molecular flexibility index (Phi) is 5.56. The lowest BCUT2D eigenvalue weighted by Gasteiger charge is -2.14. The number of hydrogen-bond donors (Lipinski definition) is 0. The van der Waals surface area contributed by atoms with Gasteiger partial charge in [0.15, 0.2) is 0 Å². The van der Waals surface area contributed by atoms with Crippen molar-refractivity contribution in [2.45, 2.75) is 33.3 Å². The number of methoxy groups -OCH3 is 1. The average molecular weight is 300 g/mol. The van der Waals surface area contributed by atoms with Gasteiger partial charge >= 0.3 is 0 Å². The molecule has 2 rings (SSSR count). The number of aryl methyl sites for hydroxylation is 3. The largest absolute Gasteiger partial charge is 0.493 e. The zero-order valence-corrected chi connectivity index (χ0v) is 13.2. The number of ether oxygens (including phenoxy) is 2. The zero-order chi connectivity index (χ0) is 15.9. The van der Waals surface area contributed by atoms with Gasteiger partial charge in [-0.15, -0.1) is 0 Å². The Morgan fingerprint density at radius 1 is 1.27 bits per heavy atom. The summed E-state index contributed by atoms with van der Waals surface area (Å²) >= 11 is 0. The lowest BCUT2D eigenvalue weighted by Crippen LogP contribution is -2.04. The first-order chi connectivity index (χ1) is 10.6. The highest BCUT2D eigenvalue weighted by molar-refractivity contribution is 5.47. The predicted molar refractivity (Wildman–Crippen MR) is 81.7 cm³/mol. The van der Waals surface area contributed by atoms with Gasteiger partial charge in [-0.2, -0.15) is 5.26 Å². The van der Waals surface area contributed by atoms with Gasteiger partial charge < -0.3 is 14.0 Å². The Bertz CT molecular complexity index is 671. The van der Waals surface area contributed by atoms with Crippen LogP contribution in [0.4, 0.5) is 0 Å². The molecule has 1 aromatic carbocycles. The fourth-order valence-electron chi connectivity index (χ4n) is 2.34. The van der Waals surface area contributed by atoms with Gasteiger partial charge in [0.2, 0.25) is 0 Å². The third kappa shape index (κ3) is 4.09. The highest BCUT2D eigenvalue weighted by atomic mass is 16.5. The van der Waals surface area contributed by atoms with Crippen molar-refractivity contribution in [3.8, 4) is 11.8 Å². The minimum atomic E-state index is 0.424. The fraction of sp³-hybridized carbons (Fsp3) is 0.412. The summed E-state index contributed by atoms with van der Waals surface area (Å²) in [5.41, 5.74) is 3.35. The van der Waals surface area contributed by atoms with Crippen molar-refractivity contribution in [1.29, 1.82) is 5.26 Å². The van der Waals surface area contributed by atoms with E-state index in [4.69, 9.17) is 19.3 Å². The van der Waals surface area contributed by atoms with Crippen molar-refractivity contribution in [3.63, 3.8) is 0 Å². The molecule has 116 valence electrons. The molecule has 1 heterocycles. The molecular formula is C17H20N2O3. The number of nitriles is 1. The Hall–Kier alpha value is -2.32. The number of rotatable bonds is 7. The van der Waals surface area contributed by atoms with Crippen LogP contribution in [0.25, 0.3) is 0 Å². The van der Waals surface area contributed by atoms with Gasteiger partial charge in [-0.3, -0.25) is 0 Å². The van der Waals surface area contributed by atoms with Crippen LogP contribution in [0.1, 0.15) is 34.6 Å². The summed E-state index contributed by atoms with van der Waals surface area (Å²) in [7, 11) is 1.63. The van der Waals surface area contributed by atoms with E-state index in [0.717, 1.165) is 41.2 Å². The van der Waals surface area contributed by atoms with Gasteiger partial charge in [-0.05, 0) is 38.0 Å². The molecule has 0 atom stereocenters. The normalized spacial score (nSPS) is 10.5. The first kappa shape index (κ1) is 16.1. The third-order valence-corrected chi connectivity index (χ3v) is 3.27. The zero-order valence-electron chi connectivity index (χ0n) is 13.2. The van der Waals surface area contributed by atoms with Crippen LogP contribution in [0.15, 0.2) is 22.7 Å². The van der Waals surface area contributed by atoms with Crippen LogP contribution in [0.2, 0.25) is 0 Å². The Balaban J connectivity index is 1.98. The summed E-state index contributed by atoms with van der Waals surface area (Å²) in [6, 6.07) is 7.73. The summed E-state index contributed by atoms with van der Waals surface area (Å²) < 4.78 is 16.3. The molecular weight excluding hydrogens is 280 g/mol. The number of benzene rings is 1. The summed E-state index contributed by atoms with van der Waals surface area (Å²) in [6.45, 7) is 4.84. The van der Waals surface area contributed by atoms with E-state index < -0.39 is 0 Å². The van der Waals surface area contributed by atoms with Crippen LogP contribution in [0, 0.1) is 25.2 Å². The molecule has 0 radical (unpaired) electrons. The van der Waals surface area contributed by atoms with Crippen LogP contribution < -0.4 is 4.74 Å². The lowest BCUT2D eigenvalue weighted by atomic mass is 10.1. The summed E-state index contributed by atoms with van der Waals surface area (Å²) in [4.78, 5) is 0. The number of aromatic nitrogens is 1. The Morgan fingerprint density at radius 2 is 2.09 bits per heavy atom. The van der Waals surface area contributed by atoms with Crippen LogP contribution >= 0.6 is 0 Å². The molecule has 2 aromatic rings. The Morgan fingerprint density at radius 3 is 2.73 bits per heavy atom. The molecule has 0 aliphatic rings. The minimum Gasteiger partial charge on any atom is -0.493 e. The first-order valence-electron chi connectivity index (χ1n) is 7.21. The second-order valence-corrected chi connectivity index (χ2v) is 5.21. The van der Waals surface area contributed by atoms with E-state index >= 15 is 0 Å². The maximum Gasteiger partial charge on any atom is 0.137 e. The minimum absolute atomic E-state index is 0.424. The molecule has 0 aliphatic carbocycles. The molecule has 0 saturated heterocycles. The highest BCUT2D eigenvalue weighted by Crippen LogP contribution is 2.26. The molecule has 1 aromatic heterocycles. The molecule has 0 amide bonds. The number of hydrogen-bond acceptors (Lipinski definition) is 5. The Labute approximate surface area is 130 Å². The summed E-state index contributed by atoms with van der Waals surface area (Å²) in [5, 5.41) is 12.9. The monoisotopic (exact) mass is 300 g/mol. The SMILES string of the molecule is COCc1cc(C#N)cc(C)c1OCCCc1cc(C)no1. The third-order valence-electron chi connectivity index (χ3n) is 3.27. The van der Waals surface area contributed by atoms with Crippen molar-refractivity contribution in [3.05, 3.63) is 46.3 Å². The van der Waals surface area contributed by atoms with Crippen LogP contribution in [-0.2, 0) is 17.8 Å². The molecule has 0 bridgehead atoms. The van der Waals surface area contributed by atoms with Crippen molar-refractivity contribution in [2.24, 2.45) is 0 Å². The van der Waals surface area contributed by atoms with E-state index in [-0.39, 0.29) is 0 Å². The molecule has 0 saturated carbocycles. The van der Waals surface area contributed by atoms with Gasteiger partial charge in [0.05, 0.1) is 30.5 Å². The van der Waals surface area contributed by atoms with Gasteiger partial charge in [0.25, 0.3) is 0 Å². The summed E-state index contributed by atoms with van der Waals surface area (Å²) in [6.07, 6.45) is 1.62. The second kappa shape index (κ2) is 7.62. The van der Waals surface area contributed by atoms with E-state index in [1.54, 1.807) is 7.11 Å². The smallest absolute Gasteiger partial charge is 0.137 e. The number of nitrogens with zero attached hydrogens (tertiary/aromatic N) is 2. The van der Waals surface area contributed by atoms with Crippen molar-refractivity contribution in [2.75, 3.05) is 13.7 Å². The standard InChI is InChI=1S/C17H20N2O3/c1-12-7-14(10-18)9-15(11-20-3)17(12)21-6-4-5-16-8-13(2)19-22-16/h7-9H,4-6,11H2,1-3H3. The molecule has 0 unspecified atom stereocenters. The van der Waals surface area contributed by atoms with Gasteiger partial charge in [-0.25, -0.2) is 0 Å². The van der Waals surface area contributed by atoms with Crippen LogP contribution in [0.5, 0.6) is 5.75 Å². The van der Waals surface area contributed by atoms with Gasteiger partial charge in [0.1, 0.15) is 11.5 Å². The average Bonchev–Trinajstić information content (AvgIpc) is 2.91. The predicted octanol–water partition coefficient (Wildman–Crippen LogP) is 3.32. The first-order valence-corrected chi connectivity index (χ1v) is 7.21. The quantitative estimate of drug-likeness (QED) is 0.734. The maximum atomic E-state index is 9.04. The van der Waals surface area contributed by atoms with Crippen molar-refractivity contribution in [1.82, 2.24) is 5.16 Å². The molecule has 5 heteroatoms. The molecule has 0 spiro atoms. The van der Waals surface area contributed by atoms with E-state index in [9.17, 15) is 0 Å². The molecule has 22 heavy (non-hydrogen) atoms. The molecule has 5 nitrogen and oxygen atoms in total. The van der Waals surface area contributed by atoms with Crippen LogP contribution in [-0.4, -0.2) is 18.9 Å². The molecule has 0 fully saturated rings. The van der Waals surface area contributed by atoms with Crippen molar-refractivity contribution < 1.29 is 14.0 Å². The van der Waals surface area contributed by atoms with Crippen LogP contribution in [0.3, 0.4) is 0 Å². The van der Waals surface area contributed by atoms with Gasteiger partial charge in [-0.1, -0.05) is 5.16 Å². The van der Waals surface area contributed by atoms with Gasteiger partial charge in [0, 0.05) is 25.2 Å². The fourth-order valence-corrected chi connectivity index (χ4v) is 2.34. The van der Waals surface area contributed by atoms with E-state index in [1.165, 1.54) is 0 Å². The summed E-state index contributed by atoms with van der Waals surface area (Å²) in [5.74, 6) is 1.67. The van der Waals surface area contributed by atoms with E-state index in [0.29, 0.717) is 18.8 Å². The van der Waals surface area contributed by atoms with E-state index in [2.05, 4.69) is 11.2 Å². The maximum absolute atomic E-state index is 9.04. The van der Waals surface area contributed by atoms with Crippen molar-refractivity contribution >= 4 is 0 Å². The molecule has 0 N–H and O–H groups in total. The van der Waals surface area contributed by atoms with E-state index in [1.807, 2.05) is 32.0 Å². The topological polar surface area (TPSA) is 68.3 Å². The highest BCUT2D eigenvalue weighted by Gasteiger charge is 2.10. The lowest BCUT2D eigenvalue weighted by molar-refractivity contribution is 0.179. The second-order valence-electron chi connectivity index (χ2n) is 5.21. The molecule has 0 aliphatic heterocycles.